The van der Waals surface area contributed by atoms with Crippen LogP contribution in [0.3, 0.4) is 0 Å². The second-order valence-corrected chi connectivity index (χ2v) is 17.4. The molecule has 4 fully saturated rings. The summed E-state index contributed by atoms with van der Waals surface area (Å²) in [6.45, 7) is 9.64. The number of nitrogens with one attached hydrogen (secondary N) is 1. The fourth-order valence-electron chi connectivity index (χ4n) is 10.3. The Kier molecular flexibility index (Phi) is 11.3. The summed E-state index contributed by atoms with van der Waals surface area (Å²) >= 11 is 0. The first-order chi connectivity index (χ1) is 30.8. The lowest BCUT2D eigenvalue weighted by Gasteiger charge is -2.42. The Bertz CT molecular complexity index is 2510. The van der Waals surface area contributed by atoms with Gasteiger partial charge in [-0.1, -0.05) is 24.3 Å². The third-order valence-corrected chi connectivity index (χ3v) is 13.7. The standard InChI is InChI=1S/C47H53N11O5/c48-43-41-42(31-10-16-35(17-11-31)63-34-6-2-1-3-7-34)52-58(44(41)50-30-49-43)33-14-12-32(13-15-33)55-26-22-53(23-27-55)20-5-21-54-24-28-56(29-25-54)37-9-4-8-36-40(37)47(62)57(46(36)61)38-18-19-39(59)51-45(38)60/h1-4,6-11,16-17,30,32-33,38H,5,12-15,18-29H2,(H2,48,49,50)(H,51,59,60). The highest BCUT2D eigenvalue weighted by Crippen LogP contribution is 2.38. The SMILES string of the molecule is Nc1ncnc2c1c(-c1ccc(Oc3ccccc3)cc1)nn2C1CCC(N2CCN(CCCN3CCN(c4cccc5c4C(=O)N(C4CCC(=O)NC4=O)C5=O)CC3)CC2)CC1. The van der Waals surface area contributed by atoms with E-state index < -0.39 is 23.8 Å². The lowest BCUT2D eigenvalue weighted by Crippen LogP contribution is -2.54. The van der Waals surface area contributed by atoms with Crippen LogP contribution < -0.4 is 20.7 Å². The van der Waals surface area contributed by atoms with E-state index in [1.807, 2.05) is 60.7 Å². The second kappa shape index (κ2) is 17.5. The topological polar surface area (TPSA) is 175 Å². The number of carbonyl (C=O) groups excluding carboxylic acids is 4. The number of hydrogen-bond acceptors (Lipinski definition) is 13. The summed E-state index contributed by atoms with van der Waals surface area (Å²) in [6, 6.07) is 22.9. The number of carbonyl (C=O) groups is 4. The number of piperazine rings is 2. The predicted molar refractivity (Wildman–Crippen MR) is 237 cm³/mol. The number of aromatic nitrogens is 4. The van der Waals surface area contributed by atoms with E-state index in [1.54, 1.807) is 12.1 Å². The molecule has 0 bridgehead atoms. The zero-order valence-corrected chi connectivity index (χ0v) is 35.4. The van der Waals surface area contributed by atoms with Crippen LogP contribution in [0.1, 0.15) is 71.7 Å². The number of benzene rings is 3. The van der Waals surface area contributed by atoms with Gasteiger partial charge in [0.15, 0.2) is 5.65 Å². The van der Waals surface area contributed by atoms with Crippen LogP contribution in [0.5, 0.6) is 11.5 Å². The highest BCUT2D eigenvalue weighted by atomic mass is 16.5. The summed E-state index contributed by atoms with van der Waals surface area (Å²) in [5.74, 6) is 0.0755. The first kappa shape index (κ1) is 40.8. The minimum Gasteiger partial charge on any atom is -0.457 e. The van der Waals surface area contributed by atoms with E-state index in [0.29, 0.717) is 23.0 Å². The summed E-state index contributed by atoms with van der Waals surface area (Å²) in [7, 11) is 0. The van der Waals surface area contributed by atoms with Crippen LogP contribution in [0.2, 0.25) is 0 Å². The van der Waals surface area contributed by atoms with Crippen LogP contribution in [-0.4, -0.2) is 141 Å². The summed E-state index contributed by atoms with van der Waals surface area (Å²) in [5.41, 5.74) is 10.4. The first-order valence-electron chi connectivity index (χ1n) is 22.4. The number of fused-ring (bicyclic) bond motifs is 2. The molecule has 4 aliphatic heterocycles. The largest absolute Gasteiger partial charge is 0.457 e. The average Bonchev–Trinajstić information content (AvgIpc) is 3.83. The van der Waals surface area contributed by atoms with Crippen molar-refractivity contribution in [2.45, 2.75) is 63.1 Å². The number of piperidine rings is 1. The number of nitrogen functional groups attached to an aromatic ring is 1. The van der Waals surface area contributed by atoms with Gasteiger partial charge in [0.1, 0.15) is 35.4 Å². The van der Waals surface area contributed by atoms with Crippen LogP contribution >= 0.6 is 0 Å². The Morgan fingerprint density at radius 1 is 0.698 bits per heavy atom. The second-order valence-electron chi connectivity index (χ2n) is 17.4. The molecule has 1 aliphatic carbocycles. The molecule has 5 aromatic rings. The molecule has 10 rings (SSSR count). The van der Waals surface area contributed by atoms with Crippen molar-refractivity contribution >= 4 is 46.2 Å². The van der Waals surface area contributed by atoms with Gasteiger partial charge in [0, 0.05) is 70.4 Å². The van der Waals surface area contributed by atoms with E-state index in [1.165, 1.54) is 6.33 Å². The number of anilines is 2. The van der Waals surface area contributed by atoms with Crippen molar-refractivity contribution in [2.75, 3.05) is 76.1 Å². The molecule has 326 valence electrons. The zero-order chi connectivity index (χ0) is 43.0. The maximum absolute atomic E-state index is 13.6. The summed E-state index contributed by atoms with van der Waals surface area (Å²) in [5, 5.41) is 8.22. The Balaban J connectivity index is 0.678. The van der Waals surface area contributed by atoms with Gasteiger partial charge in [0.05, 0.1) is 28.2 Å². The molecule has 63 heavy (non-hydrogen) atoms. The van der Waals surface area contributed by atoms with Crippen molar-refractivity contribution in [3.8, 4) is 22.8 Å². The molecule has 1 unspecified atom stereocenters. The van der Waals surface area contributed by atoms with E-state index in [-0.39, 0.29) is 24.8 Å². The fourth-order valence-corrected chi connectivity index (χ4v) is 10.3. The number of amides is 4. The third-order valence-electron chi connectivity index (χ3n) is 13.7. The molecule has 0 spiro atoms. The molecule has 6 heterocycles. The normalized spacial score (nSPS) is 22.8. The van der Waals surface area contributed by atoms with Gasteiger partial charge >= 0.3 is 0 Å². The van der Waals surface area contributed by atoms with E-state index >= 15 is 0 Å². The Morgan fingerprint density at radius 2 is 1.38 bits per heavy atom. The molecule has 5 aliphatic rings. The predicted octanol–water partition coefficient (Wildman–Crippen LogP) is 4.58. The monoisotopic (exact) mass is 851 g/mol. The van der Waals surface area contributed by atoms with Crippen LogP contribution in [0.15, 0.2) is 79.1 Å². The molecule has 3 N–H and O–H groups in total. The number of imide groups is 2. The highest BCUT2D eigenvalue weighted by Gasteiger charge is 2.46. The lowest BCUT2D eigenvalue weighted by molar-refractivity contribution is -0.136. The van der Waals surface area contributed by atoms with E-state index in [0.717, 1.165) is 142 Å². The number of nitrogens with two attached hydrogens (primary N) is 1. The quantitative estimate of drug-likeness (QED) is 0.177. The average molecular weight is 852 g/mol. The number of rotatable bonds is 11. The molecule has 4 amide bonds. The lowest BCUT2D eigenvalue weighted by atomic mass is 9.90. The van der Waals surface area contributed by atoms with Gasteiger partial charge in [-0.05, 0) is 100 Å². The van der Waals surface area contributed by atoms with Crippen molar-refractivity contribution in [2.24, 2.45) is 0 Å². The van der Waals surface area contributed by atoms with Crippen molar-refractivity contribution in [3.05, 3.63) is 90.3 Å². The molecular weight excluding hydrogens is 799 g/mol. The molecule has 3 aromatic carbocycles. The Hall–Kier alpha value is -6.23. The number of hydrogen-bond donors (Lipinski definition) is 2. The minimum atomic E-state index is -0.970. The van der Waals surface area contributed by atoms with Crippen LogP contribution in [0.25, 0.3) is 22.3 Å². The van der Waals surface area contributed by atoms with Crippen molar-refractivity contribution in [1.29, 1.82) is 0 Å². The molecular formula is C47H53N11O5. The number of ether oxygens (including phenoxy) is 1. The van der Waals surface area contributed by atoms with Crippen molar-refractivity contribution in [3.63, 3.8) is 0 Å². The molecule has 2 aromatic heterocycles. The number of para-hydroxylation sites is 1. The first-order valence-corrected chi connectivity index (χ1v) is 22.4. The van der Waals surface area contributed by atoms with Crippen LogP contribution in [0.4, 0.5) is 11.5 Å². The van der Waals surface area contributed by atoms with E-state index in [4.69, 9.17) is 15.6 Å². The maximum atomic E-state index is 13.6. The van der Waals surface area contributed by atoms with E-state index in [2.05, 4.69) is 39.6 Å². The van der Waals surface area contributed by atoms with Gasteiger partial charge in [-0.2, -0.15) is 5.10 Å². The zero-order valence-electron chi connectivity index (χ0n) is 35.4. The van der Waals surface area contributed by atoms with E-state index in [9.17, 15) is 19.2 Å². The third kappa shape index (κ3) is 8.14. The Labute approximate surface area is 366 Å². The van der Waals surface area contributed by atoms with Crippen molar-refractivity contribution in [1.82, 2.24) is 44.7 Å². The van der Waals surface area contributed by atoms with Gasteiger partial charge in [-0.15, -0.1) is 0 Å². The molecule has 1 saturated carbocycles. The van der Waals surface area contributed by atoms with Gasteiger partial charge in [0.25, 0.3) is 11.8 Å². The van der Waals surface area contributed by atoms with Gasteiger partial charge in [-0.25, -0.2) is 14.6 Å². The highest BCUT2D eigenvalue weighted by molar-refractivity contribution is 6.25. The Morgan fingerprint density at radius 3 is 2.10 bits per heavy atom. The van der Waals surface area contributed by atoms with Crippen LogP contribution in [0, 0.1) is 0 Å². The van der Waals surface area contributed by atoms with Gasteiger partial charge in [0.2, 0.25) is 11.8 Å². The fraction of sp³-hybridized carbons (Fsp3) is 0.426. The van der Waals surface area contributed by atoms with Gasteiger partial charge in [-0.3, -0.25) is 39.2 Å². The summed E-state index contributed by atoms with van der Waals surface area (Å²) in [4.78, 5) is 71.3. The minimum absolute atomic E-state index is 0.0996. The molecule has 0 radical (unpaired) electrons. The van der Waals surface area contributed by atoms with Gasteiger partial charge < -0.3 is 20.3 Å². The maximum Gasteiger partial charge on any atom is 0.264 e. The molecule has 1 atom stereocenters. The number of nitrogens with zero attached hydrogens (tertiary/aromatic N) is 9. The van der Waals surface area contributed by atoms with Crippen LogP contribution in [-0.2, 0) is 9.59 Å². The van der Waals surface area contributed by atoms with Crippen molar-refractivity contribution < 1.29 is 23.9 Å². The summed E-state index contributed by atoms with van der Waals surface area (Å²) < 4.78 is 8.12. The molecule has 16 nitrogen and oxygen atoms in total. The summed E-state index contributed by atoms with van der Waals surface area (Å²) in [6.07, 6.45) is 7.18. The molecule has 3 saturated heterocycles. The molecule has 16 heteroatoms. The smallest absolute Gasteiger partial charge is 0.264 e.